The topological polar surface area (TPSA) is 79.3 Å². The average Bonchev–Trinajstić information content (AvgIpc) is 3.63. The molecule has 1 fully saturated rings. The van der Waals surface area contributed by atoms with E-state index >= 15 is 0 Å². The van der Waals surface area contributed by atoms with E-state index in [4.69, 9.17) is 0 Å². The lowest BCUT2D eigenvalue weighted by Crippen LogP contribution is -2.50. The summed E-state index contributed by atoms with van der Waals surface area (Å²) in [6.07, 6.45) is 5.58. The molecule has 2 aliphatic rings. The number of benzene rings is 3. The van der Waals surface area contributed by atoms with E-state index < -0.39 is 0 Å². The van der Waals surface area contributed by atoms with Crippen LogP contribution in [0.3, 0.4) is 0 Å². The van der Waals surface area contributed by atoms with Crippen LogP contribution in [-0.4, -0.2) is 38.7 Å². The molecule has 2 heterocycles. The Labute approximate surface area is 241 Å². The van der Waals surface area contributed by atoms with E-state index in [1.54, 1.807) is 0 Å². The summed E-state index contributed by atoms with van der Waals surface area (Å²) in [7, 11) is 0. The number of hydrogen-bond donors (Lipinski definition) is 2. The van der Waals surface area contributed by atoms with Crippen LogP contribution >= 0.6 is 0 Å². The normalized spacial score (nSPS) is 18.0. The second-order valence-electron chi connectivity index (χ2n) is 12.2. The van der Waals surface area contributed by atoms with E-state index in [0.29, 0.717) is 25.6 Å². The molecule has 7 nitrogen and oxygen atoms in total. The largest absolute Gasteiger partial charge is 0.352 e. The van der Waals surface area contributed by atoms with Gasteiger partial charge in [0, 0.05) is 42.9 Å². The molecule has 2 N–H and O–H groups in total. The van der Waals surface area contributed by atoms with E-state index in [1.807, 2.05) is 85.1 Å². The predicted octanol–water partition coefficient (Wildman–Crippen LogP) is 5.83. The van der Waals surface area contributed by atoms with Crippen LogP contribution in [-0.2, 0) is 24.3 Å². The van der Waals surface area contributed by atoms with E-state index in [0.717, 1.165) is 40.8 Å². The first kappa shape index (κ1) is 26.8. The number of para-hydroxylation sites is 1. The molecule has 7 heteroatoms. The van der Waals surface area contributed by atoms with E-state index in [1.165, 1.54) is 11.1 Å². The van der Waals surface area contributed by atoms with Crippen LogP contribution in [0.25, 0.3) is 16.8 Å². The Bertz CT molecular complexity index is 1560. The second kappa shape index (κ2) is 10.9. The molecule has 1 aliphatic carbocycles. The van der Waals surface area contributed by atoms with Gasteiger partial charge in [-0.05, 0) is 79.5 Å². The van der Waals surface area contributed by atoms with Crippen molar-refractivity contribution in [2.45, 2.75) is 58.2 Å². The van der Waals surface area contributed by atoms with Crippen LogP contribution in [0.1, 0.15) is 55.4 Å². The third kappa shape index (κ3) is 5.89. The van der Waals surface area contributed by atoms with Crippen LogP contribution in [0.15, 0.2) is 85.2 Å². The maximum Gasteiger partial charge on any atom is 0.318 e. The van der Waals surface area contributed by atoms with Gasteiger partial charge in [-0.25, -0.2) is 9.48 Å². The summed E-state index contributed by atoms with van der Waals surface area (Å²) in [6, 6.07) is 24.5. The number of rotatable bonds is 6. The quantitative estimate of drug-likeness (QED) is 0.319. The number of amides is 3. The van der Waals surface area contributed by atoms with Gasteiger partial charge in [0.15, 0.2) is 0 Å². The summed E-state index contributed by atoms with van der Waals surface area (Å²) < 4.78 is 1.89. The third-order valence-corrected chi connectivity index (χ3v) is 8.00. The molecule has 0 saturated heterocycles. The number of carbonyl (C=O) groups is 2. The summed E-state index contributed by atoms with van der Waals surface area (Å²) in [5.41, 5.74) is 7.46. The van der Waals surface area contributed by atoms with Gasteiger partial charge < -0.3 is 15.5 Å². The maximum atomic E-state index is 13.1. The summed E-state index contributed by atoms with van der Waals surface area (Å²) >= 11 is 0. The average molecular weight is 548 g/mol. The van der Waals surface area contributed by atoms with Crippen molar-refractivity contribution in [3.8, 4) is 16.8 Å². The zero-order chi connectivity index (χ0) is 28.6. The van der Waals surface area contributed by atoms with Crippen molar-refractivity contribution in [2.24, 2.45) is 5.92 Å². The molecular weight excluding hydrogens is 510 g/mol. The van der Waals surface area contributed by atoms with Crippen molar-refractivity contribution in [3.63, 3.8) is 0 Å². The van der Waals surface area contributed by atoms with Gasteiger partial charge in [-0.1, -0.05) is 60.7 Å². The number of urea groups is 1. The molecule has 2 atom stereocenters. The Morgan fingerprint density at radius 2 is 1.68 bits per heavy atom. The van der Waals surface area contributed by atoms with Gasteiger partial charge in [-0.15, -0.1) is 0 Å². The van der Waals surface area contributed by atoms with Gasteiger partial charge in [-0.2, -0.15) is 5.10 Å². The summed E-state index contributed by atoms with van der Waals surface area (Å²) in [4.78, 5) is 28.1. The molecule has 0 radical (unpaired) electrons. The Balaban J connectivity index is 1.25. The van der Waals surface area contributed by atoms with Crippen molar-refractivity contribution in [2.75, 3.05) is 6.54 Å². The Hall–Kier alpha value is -4.39. The van der Waals surface area contributed by atoms with E-state index in [2.05, 4.69) is 46.2 Å². The molecule has 3 aromatic carbocycles. The lowest BCUT2D eigenvalue weighted by molar-refractivity contribution is -0.122. The lowest BCUT2D eigenvalue weighted by Gasteiger charge is -2.34. The number of aromatic nitrogens is 2. The highest BCUT2D eigenvalue weighted by Gasteiger charge is 2.43. The van der Waals surface area contributed by atoms with Crippen molar-refractivity contribution >= 4 is 11.9 Å². The van der Waals surface area contributed by atoms with Crippen molar-refractivity contribution in [3.05, 3.63) is 107 Å². The maximum absolute atomic E-state index is 13.1. The molecule has 4 aromatic rings. The standard InChI is InChI=1S/C34H37N5O2/c1-34(2,3)37-33(41)38-17-16-28-27(25-20-36-39(21-25)26-12-8-5-9-13-26)15-14-24(31(28)22-38)19-35-32(40)30-18-29(30)23-10-6-4-7-11-23/h4-15,20-21,29-30H,16-19,22H2,1-3H3,(H,35,40)(H,37,41)/t29-,30+/m1/s1. The highest BCUT2D eigenvalue weighted by molar-refractivity contribution is 5.83. The van der Waals surface area contributed by atoms with Crippen molar-refractivity contribution < 1.29 is 9.59 Å². The first-order valence-corrected chi connectivity index (χ1v) is 14.4. The smallest absolute Gasteiger partial charge is 0.318 e. The number of carbonyl (C=O) groups excluding carboxylic acids is 2. The van der Waals surface area contributed by atoms with Gasteiger partial charge in [0.2, 0.25) is 5.91 Å². The summed E-state index contributed by atoms with van der Waals surface area (Å²) in [5.74, 6) is 0.412. The SMILES string of the molecule is CC(C)(C)NC(=O)N1CCc2c(-c3cnn(-c4ccccc4)c3)ccc(CNC(=O)[C@H]3C[C@@H]3c3ccccc3)c2C1. The van der Waals surface area contributed by atoms with Crippen molar-refractivity contribution in [1.82, 2.24) is 25.3 Å². The molecule has 0 spiro atoms. The first-order valence-electron chi connectivity index (χ1n) is 14.4. The fraction of sp³-hybridized carbons (Fsp3) is 0.324. The molecule has 1 aromatic heterocycles. The minimum absolute atomic E-state index is 0.0189. The van der Waals surface area contributed by atoms with Crippen LogP contribution in [0.4, 0.5) is 4.79 Å². The molecule has 6 rings (SSSR count). The van der Waals surface area contributed by atoms with E-state index in [-0.39, 0.29) is 23.4 Å². The zero-order valence-electron chi connectivity index (χ0n) is 23.9. The molecule has 0 unspecified atom stereocenters. The van der Waals surface area contributed by atoms with Gasteiger partial charge in [0.25, 0.3) is 0 Å². The first-order chi connectivity index (χ1) is 19.8. The van der Waals surface area contributed by atoms with Crippen LogP contribution < -0.4 is 10.6 Å². The van der Waals surface area contributed by atoms with Crippen LogP contribution in [0.5, 0.6) is 0 Å². The number of nitrogens with zero attached hydrogens (tertiary/aromatic N) is 3. The van der Waals surface area contributed by atoms with Crippen LogP contribution in [0, 0.1) is 5.92 Å². The minimum Gasteiger partial charge on any atom is -0.352 e. The minimum atomic E-state index is -0.318. The van der Waals surface area contributed by atoms with Gasteiger partial charge in [-0.3, -0.25) is 4.79 Å². The number of hydrogen-bond acceptors (Lipinski definition) is 3. The highest BCUT2D eigenvalue weighted by atomic mass is 16.2. The van der Waals surface area contributed by atoms with Crippen LogP contribution in [0.2, 0.25) is 0 Å². The molecule has 3 amide bonds. The monoisotopic (exact) mass is 547 g/mol. The second-order valence-corrected chi connectivity index (χ2v) is 12.2. The Kier molecular flexibility index (Phi) is 7.12. The Morgan fingerprint density at radius 3 is 2.41 bits per heavy atom. The van der Waals surface area contributed by atoms with Gasteiger partial charge in [0.05, 0.1) is 11.9 Å². The summed E-state index contributed by atoms with van der Waals surface area (Å²) in [6.45, 7) is 7.55. The molecule has 1 saturated carbocycles. The zero-order valence-corrected chi connectivity index (χ0v) is 23.9. The number of fused-ring (bicyclic) bond motifs is 1. The number of nitrogens with one attached hydrogen (secondary N) is 2. The lowest BCUT2D eigenvalue weighted by atomic mass is 9.88. The summed E-state index contributed by atoms with van der Waals surface area (Å²) in [5, 5.41) is 10.9. The Morgan fingerprint density at radius 1 is 0.951 bits per heavy atom. The third-order valence-electron chi connectivity index (χ3n) is 8.00. The molecule has 210 valence electrons. The molecular formula is C34H37N5O2. The van der Waals surface area contributed by atoms with Gasteiger partial charge in [0.1, 0.15) is 0 Å². The van der Waals surface area contributed by atoms with Gasteiger partial charge >= 0.3 is 6.03 Å². The van der Waals surface area contributed by atoms with Crippen molar-refractivity contribution in [1.29, 1.82) is 0 Å². The fourth-order valence-electron chi connectivity index (χ4n) is 5.80. The highest BCUT2D eigenvalue weighted by Crippen LogP contribution is 2.47. The fourth-order valence-corrected chi connectivity index (χ4v) is 5.80. The molecule has 41 heavy (non-hydrogen) atoms. The predicted molar refractivity (Wildman–Crippen MR) is 161 cm³/mol. The molecule has 1 aliphatic heterocycles. The van der Waals surface area contributed by atoms with E-state index in [9.17, 15) is 9.59 Å². The molecule has 0 bridgehead atoms.